The highest BCUT2D eigenvalue weighted by Gasteiger charge is 2.21. The van der Waals surface area contributed by atoms with Gasteiger partial charge in [-0.3, -0.25) is 4.68 Å². The maximum absolute atomic E-state index is 13.6. The summed E-state index contributed by atoms with van der Waals surface area (Å²) in [5.41, 5.74) is 0.405. The first-order chi connectivity index (χ1) is 9.29. The SMILES string of the molecule is Cn1cc(COc2ccc(S(N)(=O)=O)c(F)c2F)nn1. The Kier molecular flexibility index (Phi) is 3.68. The third-order valence-corrected chi connectivity index (χ3v) is 3.27. The topological polar surface area (TPSA) is 100 Å². The molecule has 10 heteroatoms. The van der Waals surface area contributed by atoms with Crippen LogP contribution in [-0.2, 0) is 23.7 Å². The quantitative estimate of drug-likeness (QED) is 0.876. The van der Waals surface area contributed by atoms with Crippen molar-refractivity contribution >= 4 is 10.0 Å². The average molecular weight is 304 g/mol. The highest BCUT2D eigenvalue weighted by atomic mass is 32.2. The van der Waals surface area contributed by atoms with Gasteiger partial charge in [-0.1, -0.05) is 5.21 Å². The third-order valence-electron chi connectivity index (χ3n) is 2.34. The van der Waals surface area contributed by atoms with E-state index < -0.39 is 32.3 Å². The molecular weight excluding hydrogens is 294 g/mol. The molecule has 0 unspecified atom stereocenters. The number of halogens is 2. The Labute approximate surface area is 113 Å². The number of sulfonamides is 1. The number of aromatic nitrogens is 3. The first kappa shape index (κ1) is 14.3. The van der Waals surface area contributed by atoms with Crippen molar-refractivity contribution in [2.75, 3.05) is 0 Å². The minimum atomic E-state index is -4.33. The summed E-state index contributed by atoms with van der Waals surface area (Å²) in [6.45, 7) is -0.140. The average Bonchev–Trinajstić information content (AvgIpc) is 2.75. The van der Waals surface area contributed by atoms with Crippen LogP contribution in [0.5, 0.6) is 5.75 Å². The van der Waals surface area contributed by atoms with Crippen LogP contribution in [-0.4, -0.2) is 23.4 Å². The van der Waals surface area contributed by atoms with E-state index in [1.54, 1.807) is 7.05 Å². The van der Waals surface area contributed by atoms with Gasteiger partial charge >= 0.3 is 0 Å². The number of benzene rings is 1. The summed E-state index contributed by atoms with van der Waals surface area (Å²) in [4.78, 5) is -0.929. The maximum Gasteiger partial charge on any atom is 0.241 e. The maximum atomic E-state index is 13.6. The fourth-order valence-electron chi connectivity index (χ4n) is 1.46. The van der Waals surface area contributed by atoms with Gasteiger partial charge in [0.2, 0.25) is 15.8 Å². The molecule has 0 saturated carbocycles. The van der Waals surface area contributed by atoms with Gasteiger partial charge in [-0.05, 0) is 12.1 Å². The second kappa shape index (κ2) is 5.13. The fraction of sp³-hybridized carbons (Fsp3) is 0.200. The summed E-state index contributed by atoms with van der Waals surface area (Å²) in [5, 5.41) is 12.1. The Morgan fingerprint density at radius 3 is 2.60 bits per heavy atom. The van der Waals surface area contributed by atoms with E-state index in [-0.39, 0.29) is 6.61 Å². The zero-order chi connectivity index (χ0) is 14.9. The van der Waals surface area contributed by atoms with E-state index in [1.807, 2.05) is 0 Å². The lowest BCUT2D eigenvalue weighted by molar-refractivity contribution is 0.279. The van der Waals surface area contributed by atoms with Gasteiger partial charge in [0.15, 0.2) is 11.6 Å². The van der Waals surface area contributed by atoms with Crippen LogP contribution in [0.15, 0.2) is 23.2 Å². The van der Waals surface area contributed by atoms with Gasteiger partial charge in [0.05, 0.1) is 6.20 Å². The van der Waals surface area contributed by atoms with Crippen molar-refractivity contribution in [1.82, 2.24) is 15.0 Å². The van der Waals surface area contributed by atoms with Crippen LogP contribution in [0.3, 0.4) is 0 Å². The first-order valence-corrected chi connectivity index (χ1v) is 6.82. The number of ether oxygens (including phenoxy) is 1. The molecule has 0 amide bonds. The molecule has 0 aliphatic heterocycles. The molecule has 7 nitrogen and oxygen atoms in total. The van der Waals surface area contributed by atoms with E-state index in [9.17, 15) is 17.2 Å². The predicted octanol–water partition coefficient (Wildman–Crippen LogP) is 0.320. The second-order valence-corrected chi connectivity index (χ2v) is 5.44. The third kappa shape index (κ3) is 2.91. The number of hydrogen-bond donors (Lipinski definition) is 1. The Balaban J connectivity index is 2.24. The van der Waals surface area contributed by atoms with Gasteiger partial charge in [-0.2, -0.15) is 4.39 Å². The summed E-state index contributed by atoms with van der Waals surface area (Å²) in [6.07, 6.45) is 1.53. The summed E-state index contributed by atoms with van der Waals surface area (Å²) in [6, 6.07) is 1.81. The van der Waals surface area contributed by atoms with Gasteiger partial charge in [0.1, 0.15) is 17.2 Å². The van der Waals surface area contributed by atoms with E-state index >= 15 is 0 Å². The molecule has 2 rings (SSSR count). The van der Waals surface area contributed by atoms with Crippen LogP contribution in [0, 0.1) is 11.6 Å². The second-order valence-electron chi connectivity index (χ2n) is 3.91. The Hall–Kier alpha value is -2.07. The van der Waals surface area contributed by atoms with Crippen LogP contribution in [0.4, 0.5) is 8.78 Å². The minimum Gasteiger partial charge on any atom is -0.484 e. The largest absolute Gasteiger partial charge is 0.484 e. The molecule has 1 aromatic heterocycles. The summed E-state index contributed by atoms with van der Waals surface area (Å²) in [5.74, 6) is -3.45. The lowest BCUT2D eigenvalue weighted by Crippen LogP contribution is -2.15. The molecule has 0 spiro atoms. The van der Waals surface area contributed by atoms with Gasteiger partial charge < -0.3 is 4.74 Å². The van der Waals surface area contributed by atoms with Crippen molar-refractivity contribution in [3.8, 4) is 5.75 Å². The molecule has 108 valence electrons. The van der Waals surface area contributed by atoms with Crippen molar-refractivity contribution in [2.24, 2.45) is 12.2 Å². The molecular formula is C10H10F2N4O3S. The highest BCUT2D eigenvalue weighted by molar-refractivity contribution is 7.89. The van der Waals surface area contributed by atoms with Gasteiger partial charge in [-0.25, -0.2) is 17.9 Å². The van der Waals surface area contributed by atoms with Crippen molar-refractivity contribution in [2.45, 2.75) is 11.5 Å². The zero-order valence-corrected chi connectivity index (χ0v) is 11.1. The lowest BCUT2D eigenvalue weighted by atomic mass is 10.3. The standard InChI is InChI=1S/C10H10F2N4O3S/c1-16-4-6(14-15-16)5-19-7-2-3-8(20(13,17)18)10(12)9(7)11/h2-4H,5H2,1H3,(H2,13,17,18). The van der Waals surface area contributed by atoms with E-state index in [2.05, 4.69) is 10.3 Å². The van der Waals surface area contributed by atoms with E-state index in [1.165, 1.54) is 10.9 Å². The van der Waals surface area contributed by atoms with Gasteiger partial charge in [0, 0.05) is 7.05 Å². The minimum absolute atomic E-state index is 0.140. The zero-order valence-electron chi connectivity index (χ0n) is 10.2. The van der Waals surface area contributed by atoms with Gasteiger partial charge in [0.25, 0.3) is 0 Å². The molecule has 0 saturated heterocycles. The molecule has 0 bridgehead atoms. The number of primary sulfonamides is 1. The molecule has 0 aliphatic rings. The lowest BCUT2D eigenvalue weighted by Gasteiger charge is -2.08. The van der Waals surface area contributed by atoms with E-state index in [4.69, 9.17) is 9.88 Å². The fourth-order valence-corrected chi connectivity index (χ4v) is 2.06. The molecule has 0 atom stereocenters. The number of nitrogens with zero attached hydrogens (tertiary/aromatic N) is 3. The smallest absolute Gasteiger partial charge is 0.241 e. The summed E-state index contributed by atoms with van der Waals surface area (Å²) >= 11 is 0. The number of hydrogen-bond acceptors (Lipinski definition) is 5. The molecule has 1 aromatic carbocycles. The van der Waals surface area contributed by atoms with Crippen LogP contribution >= 0.6 is 0 Å². The van der Waals surface area contributed by atoms with Crippen LogP contribution in [0.25, 0.3) is 0 Å². The Bertz CT molecular complexity index is 745. The summed E-state index contributed by atoms with van der Waals surface area (Å²) in [7, 11) is -2.70. The van der Waals surface area contributed by atoms with Gasteiger partial charge in [-0.15, -0.1) is 5.10 Å². The molecule has 0 fully saturated rings. The molecule has 1 heterocycles. The van der Waals surface area contributed by atoms with Crippen molar-refractivity contribution in [1.29, 1.82) is 0 Å². The summed E-state index contributed by atoms with van der Waals surface area (Å²) < 4.78 is 55.6. The van der Waals surface area contributed by atoms with Crippen molar-refractivity contribution in [3.63, 3.8) is 0 Å². The van der Waals surface area contributed by atoms with Crippen molar-refractivity contribution < 1.29 is 21.9 Å². The molecule has 2 aromatic rings. The monoisotopic (exact) mass is 304 g/mol. The Morgan fingerprint density at radius 2 is 2.05 bits per heavy atom. The molecule has 0 aliphatic carbocycles. The molecule has 20 heavy (non-hydrogen) atoms. The molecule has 0 radical (unpaired) electrons. The normalized spacial score (nSPS) is 11.6. The van der Waals surface area contributed by atoms with Crippen LogP contribution in [0.1, 0.15) is 5.69 Å². The first-order valence-electron chi connectivity index (χ1n) is 5.28. The van der Waals surface area contributed by atoms with Crippen LogP contribution in [0.2, 0.25) is 0 Å². The number of nitrogens with two attached hydrogens (primary N) is 1. The number of rotatable bonds is 4. The van der Waals surface area contributed by atoms with Crippen LogP contribution < -0.4 is 9.88 Å². The predicted molar refractivity (Wildman–Crippen MR) is 63.1 cm³/mol. The highest BCUT2D eigenvalue weighted by Crippen LogP contribution is 2.25. The van der Waals surface area contributed by atoms with E-state index in [0.717, 1.165) is 12.1 Å². The van der Waals surface area contributed by atoms with E-state index in [0.29, 0.717) is 5.69 Å². The Morgan fingerprint density at radius 1 is 1.35 bits per heavy atom. The molecule has 2 N–H and O–H groups in total. The number of aryl methyl sites for hydroxylation is 1. The van der Waals surface area contributed by atoms with Crippen molar-refractivity contribution in [3.05, 3.63) is 35.7 Å².